The van der Waals surface area contributed by atoms with E-state index in [1.165, 1.54) is 0 Å². The van der Waals surface area contributed by atoms with E-state index in [2.05, 4.69) is 31.1 Å². The molecule has 0 aromatic rings. The minimum Gasteiger partial charge on any atom is -0.389 e. The second-order valence-corrected chi connectivity index (χ2v) is 4.45. The van der Waals surface area contributed by atoms with Gasteiger partial charge in [0, 0.05) is 19.2 Å². The van der Waals surface area contributed by atoms with E-state index >= 15 is 0 Å². The maximum atomic E-state index is 9.48. The van der Waals surface area contributed by atoms with Crippen LogP contribution in [0.3, 0.4) is 0 Å². The molecule has 0 fully saturated rings. The Morgan fingerprint density at radius 1 is 1.38 bits per heavy atom. The van der Waals surface area contributed by atoms with Gasteiger partial charge in [0.05, 0.1) is 12.7 Å². The van der Waals surface area contributed by atoms with Crippen molar-refractivity contribution in [2.24, 2.45) is 0 Å². The van der Waals surface area contributed by atoms with Crippen molar-refractivity contribution in [2.45, 2.75) is 39.3 Å². The van der Waals surface area contributed by atoms with Gasteiger partial charge < -0.3 is 20.1 Å². The summed E-state index contributed by atoms with van der Waals surface area (Å²) in [6, 6.07) is 0.601. The van der Waals surface area contributed by atoms with Gasteiger partial charge in [0.25, 0.3) is 0 Å². The maximum absolute atomic E-state index is 9.48. The van der Waals surface area contributed by atoms with Crippen molar-refractivity contribution in [1.82, 2.24) is 10.2 Å². The Morgan fingerprint density at radius 3 is 2.62 bits per heavy atom. The summed E-state index contributed by atoms with van der Waals surface area (Å²) in [4.78, 5) is 2.32. The molecule has 16 heavy (non-hydrogen) atoms. The van der Waals surface area contributed by atoms with Crippen LogP contribution in [0.15, 0.2) is 0 Å². The van der Waals surface area contributed by atoms with Gasteiger partial charge in [0.15, 0.2) is 0 Å². The van der Waals surface area contributed by atoms with E-state index in [1.54, 1.807) is 0 Å². The Labute approximate surface area is 100.0 Å². The molecule has 0 aliphatic heterocycles. The topological polar surface area (TPSA) is 44.7 Å². The number of nitrogens with one attached hydrogen (secondary N) is 1. The predicted octanol–water partition coefficient (Wildman–Crippen LogP) is 0.704. The molecule has 0 saturated heterocycles. The summed E-state index contributed by atoms with van der Waals surface area (Å²) in [5.41, 5.74) is 0. The molecule has 4 heteroatoms. The summed E-state index contributed by atoms with van der Waals surface area (Å²) in [7, 11) is 2.13. The molecule has 4 nitrogen and oxygen atoms in total. The van der Waals surface area contributed by atoms with Crippen LogP contribution in [0.5, 0.6) is 0 Å². The van der Waals surface area contributed by atoms with Crippen LogP contribution in [-0.2, 0) is 4.74 Å². The first-order valence-corrected chi connectivity index (χ1v) is 6.24. The lowest BCUT2D eigenvalue weighted by Crippen LogP contribution is -2.33. The van der Waals surface area contributed by atoms with Crippen LogP contribution < -0.4 is 5.32 Å². The minimum absolute atomic E-state index is 0.386. The van der Waals surface area contributed by atoms with E-state index in [0.29, 0.717) is 25.8 Å². The van der Waals surface area contributed by atoms with Crippen LogP contribution in [0.4, 0.5) is 0 Å². The van der Waals surface area contributed by atoms with Gasteiger partial charge >= 0.3 is 0 Å². The predicted molar refractivity (Wildman–Crippen MR) is 67.8 cm³/mol. The Kier molecular flexibility index (Phi) is 9.92. The third-order valence-corrected chi connectivity index (χ3v) is 2.64. The molecule has 0 spiro atoms. The van der Waals surface area contributed by atoms with Gasteiger partial charge in [0.2, 0.25) is 0 Å². The Balaban J connectivity index is 3.26. The van der Waals surface area contributed by atoms with Gasteiger partial charge in [-0.05, 0) is 47.3 Å². The highest BCUT2D eigenvalue weighted by atomic mass is 16.5. The van der Waals surface area contributed by atoms with Crippen LogP contribution >= 0.6 is 0 Å². The molecule has 0 aliphatic carbocycles. The Hall–Kier alpha value is -0.160. The average Bonchev–Trinajstić information content (AvgIpc) is 2.25. The molecular weight excluding hydrogens is 204 g/mol. The number of nitrogens with zero attached hydrogens (tertiary/aromatic N) is 1. The van der Waals surface area contributed by atoms with Crippen LogP contribution in [0, 0.1) is 0 Å². The van der Waals surface area contributed by atoms with Crippen LogP contribution in [-0.4, -0.2) is 62.0 Å². The summed E-state index contributed by atoms with van der Waals surface area (Å²) in [6.07, 6.45) is 0.721. The number of rotatable bonds is 10. The molecule has 0 aromatic heterocycles. The fraction of sp³-hybridized carbons (Fsp3) is 1.00. The van der Waals surface area contributed by atoms with Gasteiger partial charge in [0.1, 0.15) is 0 Å². The largest absolute Gasteiger partial charge is 0.389 e. The highest BCUT2D eigenvalue weighted by molar-refractivity contribution is 4.61. The van der Waals surface area contributed by atoms with Gasteiger partial charge in [-0.3, -0.25) is 0 Å². The first-order valence-electron chi connectivity index (χ1n) is 6.24. The van der Waals surface area contributed by atoms with Gasteiger partial charge in [-0.1, -0.05) is 0 Å². The van der Waals surface area contributed by atoms with Crippen molar-refractivity contribution in [3.63, 3.8) is 0 Å². The molecular formula is C12H28N2O2. The normalized spacial score (nSPS) is 13.7. The highest BCUT2D eigenvalue weighted by Crippen LogP contribution is 1.94. The van der Waals surface area contributed by atoms with Crippen LogP contribution in [0.25, 0.3) is 0 Å². The third kappa shape index (κ3) is 9.09. The molecule has 0 heterocycles. The summed E-state index contributed by atoms with van der Waals surface area (Å²) < 4.78 is 5.12. The fourth-order valence-electron chi connectivity index (χ4n) is 1.29. The molecule has 0 saturated carbocycles. The number of aliphatic hydroxyl groups is 1. The maximum Gasteiger partial charge on any atom is 0.0897 e. The third-order valence-electron chi connectivity index (χ3n) is 2.64. The van der Waals surface area contributed by atoms with E-state index < -0.39 is 0 Å². The van der Waals surface area contributed by atoms with Crippen LogP contribution in [0.1, 0.15) is 27.2 Å². The molecule has 2 N–H and O–H groups in total. The zero-order valence-electron chi connectivity index (χ0n) is 11.2. The number of hydrogen-bond acceptors (Lipinski definition) is 4. The highest BCUT2D eigenvalue weighted by Gasteiger charge is 2.04. The van der Waals surface area contributed by atoms with Crippen molar-refractivity contribution in [3.05, 3.63) is 0 Å². The summed E-state index contributed by atoms with van der Waals surface area (Å²) in [5.74, 6) is 0. The zero-order chi connectivity index (χ0) is 12.4. The molecule has 1 unspecified atom stereocenters. The fourth-order valence-corrected chi connectivity index (χ4v) is 1.29. The van der Waals surface area contributed by atoms with E-state index in [1.807, 2.05) is 6.92 Å². The van der Waals surface area contributed by atoms with E-state index in [9.17, 15) is 5.11 Å². The molecule has 0 bridgehead atoms. The smallest absolute Gasteiger partial charge is 0.0897 e. The summed E-state index contributed by atoms with van der Waals surface area (Å²) in [5, 5.41) is 12.7. The molecule has 0 amide bonds. The van der Waals surface area contributed by atoms with E-state index in [4.69, 9.17) is 4.74 Å². The monoisotopic (exact) mass is 232 g/mol. The molecule has 98 valence electrons. The molecule has 0 aliphatic rings. The van der Waals surface area contributed by atoms with Crippen molar-refractivity contribution >= 4 is 0 Å². The number of aliphatic hydroxyl groups excluding tert-OH is 1. The first kappa shape index (κ1) is 15.8. The second-order valence-electron chi connectivity index (χ2n) is 4.45. The van der Waals surface area contributed by atoms with Crippen molar-refractivity contribution in [2.75, 3.05) is 39.9 Å². The summed E-state index contributed by atoms with van der Waals surface area (Å²) >= 11 is 0. The lowest BCUT2D eigenvalue weighted by Gasteiger charge is -2.21. The van der Waals surface area contributed by atoms with E-state index in [-0.39, 0.29) is 6.10 Å². The minimum atomic E-state index is -0.386. The average molecular weight is 232 g/mol. The van der Waals surface area contributed by atoms with E-state index in [0.717, 1.165) is 19.5 Å². The molecule has 1 atom stereocenters. The standard InChI is InChI=1S/C12H28N2O2/c1-5-16-10-12(15)9-13-7-6-8-14(4)11(2)3/h11-13,15H,5-10H2,1-4H3. The number of ether oxygens (including phenoxy) is 1. The lowest BCUT2D eigenvalue weighted by atomic mass is 10.3. The molecule has 0 radical (unpaired) electrons. The zero-order valence-corrected chi connectivity index (χ0v) is 11.2. The van der Waals surface area contributed by atoms with Gasteiger partial charge in [-0.25, -0.2) is 0 Å². The Bertz CT molecular complexity index is 154. The van der Waals surface area contributed by atoms with Crippen molar-refractivity contribution < 1.29 is 9.84 Å². The molecule has 0 aromatic carbocycles. The lowest BCUT2D eigenvalue weighted by molar-refractivity contribution is 0.0428. The second kappa shape index (κ2) is 10.0. The van der Waals surface area contributed by atoms with Gasteiger partial charge in [-0.2, -0.15) is 0 Å². The Morgan fingerprint density at radius 2 is 2.06 bits per heavy atom. The number of hydrogen-bond donors (Lipinski definition) is 2. The SMILES string of the molecule is CCOCC(O)CNCCCN(C)C(C)C. The first-order chi connectivity index (χ1) is 7.57. The quantitative estimate of drug-likeness (QED) is 0.544. The van der Waals surface area contributed by atoms with Gasteiger partial charge in [-0.15, -0.1) is 0 Å². The van der Waals surface area contributed by atoms with Crippen LogP contribution in [0.2, 0.25) is 0 Å². The van der Waals surface area contributed by atoms with Crippen molar-refractivity contribution in [1.29, 1.82) is 0 Å². The molecule has 0 rings (SSSR count). The summed E-state index contributed by atoms with van der Waals surface area (Å²) in [6.45, 7) is 10.1. The van der Waals surface area contributed by atoms with Crippen molar-refractivity contribution in [3.8, 4) is 0 Å².